The summed E-state index contributed by atoms with van der Waals surface area (Å²) in [5.41, 5.74) is 2.34. The Kier molecular flexibility index (Phi) is 10.3. The van der Waals surface area contributed by atoms with Gasteiger partial charge in [0.25, 0.3) is 5.91 Å². The van der Waals surface area contributed by atoms with Crippen molar-refractivity contribution < 1.29 is 22.4 Å². The van der Waals surface area contributed by atoms with E-state index in [0.717, 1.165) is 24.7 Å². The first kappa shape index (κ1) is 32.6. The lowest BCUT2D eigenvalue weighted by Gasteiger charge is -2.33. The number of alkyl halides is 4. The van der Waals surface area contributed by atoms with Gasteiger partial charge in [-0.1, -0.05) is 24.0 Å². The molecule has 2 N–H and O–H groups in total. The van der Waals surface area contributed by atoms with Crippen molar-refractivity contribution >= 4 is 23.2 Å². The molecule has 46 heavy (non-hydrogen) atoms. The van der Waals surface area contributed by atoms with Crippen molar-refractivity contribution in [3.8, 4) is 11.8 Å². The van der Waals surface area contributed by atoms with Gasteiger partial charge in [-0.2, -0.15) is 18.3 Å². The molecule has 2 aromatic heterocycles. The average Bonchev–Trinajstić information content (AvgIpc) is 3.48. The molecule has 0 atom stereocenters. The van der Waals surface area contributed by atoms with Crippen molar-refractivity contribution in [2.24, 2.45) is 0 Å². The monoisotopic (exact) mass is 634 g/mol. The van der Waals surface area contributed by atoms with Crippen LogP contribution in [0, 0.1) is 18.8 Å². The highest BCUT2D eigenvalue weighted by Gasteiger charge is 2.34. The van der Waals surface area contributed by atoms with Crippen molar-refractivity contribution in [3.05, 3.63) is 94.6 Å². The first-order valence-corrected chi connectivity index (χ1v) is 14.8. The van der Waals surface area contributed by atoms with E-state index in [-0.39, 0.29) is 23.4 Å². The van der Waals surface area contributed by atoms with E-state index < -0.39 is 24.3 Å². The number of rotatable bonds is 9. The SMILES string of the molecule is Cc1ccc(C(=O)Nc2ccc(CN3CCN(C)CC3)c(C(F)(F)F)c2)cc1C#Cc1cnc(Nc2cnn(CCCF)c2)nc1. The van der Waals surface area contributed by atoms with Gasteiger partial charge in [0.1, 0.15) is 0 Å². The Hall–Kier alpha value is -4.80. The summed E-state index contributed by atoms with van der Waals surface area (Å²) < 4.78 is 56.0. The lowest BCUT2D eigenvalue weighted by molar-refractivity contribution is -0.138. The lowest BCUT2D eigenvalue weighted by Crippen LogP contribution is -2.44. The molecule has 13 heteroatoms. The highest BCUT2D eigenvalue weighted by atomic mass is 19.4. The quantitative estimate of drug-likeness (QED) is 0.186. The van der Waals surface area contributed by atoms with Gasteiger partial charge in [0, 0.05) is 74.7 Å². The van der Waals surface area contributed by atoms with Crippen LogP contribution in [0.5, 0.6) is 0 Å². The summed E-state index contributed by atoms with van der Waals surface area (Å²) in [7, 11) is 1.99. The van der Waals surface area contributed by atoms with Gasteiger partial charge < -0.3 is 15.5 Å². The number of benzene rings is 2. The number of aromatic nitrogens is 4. The minimum Gasteiger partial charge on any atom is -0.322 e. The van der Waals surface area contributed by atoms with Crippen LogP contribution in [-0.4, -0.2) is 75.4 Å². The summed E-state index contributed by atoms with van der Waals surface area (Å²) in [5, 5.41) is 9.79. The van der Waals surface area contributed by atoms with Gasteiger partial charge in [-0.25, -0.2) is 9.97 Å². The summed E-state index contributed by atoms with van der Waals surface area (Å²) in [6, 6.07) is 8.87. The number of amides is 1. The molecule has 5 rings (SSSR count). The van der Waals surface area contributed by atoms with Gasteiger partial charge in [0.15, 0.2) is 0 Å². The molecule has 0 radical (unpaired) electrons. The second kappa shape index (κ2) is 14.5. The van der Waals surface area contributed by atoms with E-state index in [1.165, 1.54) is 12.1 Å². The van der Waals surface area contributed by atoms with Crippen LogP contribution in [0.2, 0.25) is 0 Å². The van der Waals surface area contributed by atoms with E-state index >= 15 is 0 Å². The topological polar surface area (TPSA) is 91.2 Å². The molecule has 0 unspecified atom stereocenters. The van der Waals surface area contributed by atoms with Crippen molar-refractivity contribution in [1.29, 1.82) is 0 Å². The van der Waals surface area contributed by atoms with Crippen LogP contribution in [0.15, 0.2) is 61.2 Å². The number of aryl methyl sites for hydroxylation is 2. The van der Waals surface area contributed by atoms with Gasteiger partial charge in [-0.3, -0.25) is 18.8 Å². The summed E-state index contributed by atoms with van der Waals surface area (Å²) in [4.78, 5) is 25.8. The molecule has 240 valence electrons. The fourth-order valence-corrected chi connectivity index (χ4v) is 4.90. The van der Waals surface area contributed by atoms with Crippen LogP contribution in [0.4, 0.5) is 34.9 Å². The lowest BCUT2D eigenvalue weighted by atomic mass is 10.0. The predicted octanol–water partition coefficient (Wildman–Crippen LogP) is 5.50. The molecular weight excluding hydrogens is 600 g/mol. The van der Waals surface area contributed by atoms with Gasteiger partial charge in [0.2, 0.25) is 5.95 Å². The van der Waals surface area contributed by atoms with E-state index in [9.17, 15) is 22.4 Å². The molecule has 1 aliphatic rings. The van der Waals surface area contributed by atoms with Crippen molar-refractivity contribution in [1.82, 2.24) is 29.5 Å². The molecule has 1 amide bonds. The van der Waals surface area contributed by atoms with Crippen LogP contribution in [0.25, 0.3) is 0 Å². The Morgan fingerprint density at radius 1 is 0.978 bits per heavy atom. The molecule has 3 heterocycles. The summed E-state index contributed by atoms with van der Waals surface area (Å²) >= 11 is 0. The van der Waals surface area contributed by atoms with Gasteiger partial charge >= 0.3 is 6.18 Å². The fourth-order valence-electron chi connectivity index (χ4n) is 4.90. The molecule has 0 spiro atoms. The van der Waals surface area contributed by atoms with Gasteiger partial charge in [-0.15, -0.1) is 0 Å². The zero-order valence-electron chi connectivity index (χ0n) is 25.5. The zero-order chi connectivity index (χ0) is 32.7. The molecular formula is C33H34F4N8O. The van der Waals surface area contributed by atoms with Crippen LogP contribution < -0.4 is 10.6 Å². The molecule has 1 fully saturated rings. The van der Waals surface area contributed by atoms with E-state index in [1.54, 1.807) is 47.7 Å². The number of hydrogen-bond acceptors (Lipinski definition) is 7. The predicted molar refractivity (Wildman–Crippen MR) is 167 cm³/mol. The Morgan fingerprint density at radius 3 is 2.46 bits per heavy atom. The van der Waals surface area contributed by atoms with Crippen LogP contribution in [-0.2, 0) is 19.3 Å². The first-order valence-electron chi connectivity index (χ1n) is 14.8. The number of hydrogen-bond donors (Lipinski definition) is 2. The highest BCUT2D eigenvalue weighted by molar-refractivity contribution is 6.04. The molecule has 9 nitrogen and oxygen atoms in total. The number of halogens is 4. The van der Waals surface area contributed by atoms with E-state index in [0.29, 0.717) is 48.8 Å². The second-order valence-corrected chi connectivity index (χ2v) is 11.1. The fraction of sp³-hybridized carbons (Fsp3) is 0.333. The largest absolute Gasteiger partial charge is 0.416 e. The van der Waals surface area contributed by atoms with Crippen molar-refractivity contribution in [3.63, 3.8) is 0 Å². The summed E-state index contributed by atoms with van der Waals surface area (Å²) in [5.74, 6) is 5.80. The third-order valence-electron chi connectivity index (χ3n) is 7.57. The minimum atomic E-state index is -4.56. The number of likely N-dealkylation sites (N-methyl/N-ethyl adjacent to an activating group) is 1. The maximum absolute atomic E-state index is 14.0. The van der Waals surface area contributed by atoms with E-state index in [2.05, 4.69) is 42.4 Å². The number of carbonyl (C=O) groups excluding carboxylic acids is 1. The highest BCUT2D eigenvalue weighted by Crippen LogP contribution is 2.35. The summed E-state index contributed by atoms with van der Waals surface area (Å²) in [6.07, 6.45) is 2.25. The van der Waals surface area contributed by atoms with Crippen molar-refractivity contribution in [2.75, 3.05) is 50.5 Å². The molecule has 4 aromatic rings. The molecule has 0 bridgehead atoms. The molecule has 2 aromatic carbocycles. The van der Waals surface area contributed by atoms with Crippen molar-refractivity contribution in [2.45, 2.75) is 32.6 Å². The second-order valence-electron chi connectivity index (χ2n) is 11.1. The number of anilines is 3. The Bertz CT molecular complexity index is 1720. The maximum atomic E-state index is 14.0. The average molecular weight is 635 g/mol. The molecule has 1 saturated heterocycles. The first-order chi connectivity index (χ1) is 22.1. The molecule has 1 aliphatic heterocycles. The number of carbonyl (C=O) groups is 1. The summed E-state index contributed by atoms with van der Waals surface area (Å²) in [6.45, 7) is 5.08. The van der Waals surface area contributed by atoms with Gasteiger partial charge in [0.05, 0.1) is 29.7 Å². The van der Waals surface area contributed by atoms with Crippen LogP contribution in [0.3, 0.4) is 0 Å². The Balaban J connectivity index is 1.25. The molecule has 0 aliphatic carbocycles. The van der Waals surface area contributed by atoms with Gasteiger partial charge in [-0.05, 0) is 55.8 Å². The number of piperazine rings is 1. The standard InChI is InChI=1S/C33H34F4N8O/c1-23-4-6-26(16-25(23)7-5-24-18-38-32(39-19-24)42-29-20-40-45(22-29)11-3-10-34)31(46)41-28-9-8-27(30(17-28)33(35,36)37)21-44-14-12-43(2)13-15-44/h4,6,8-9,16-20,22H,3,10-15,21H2,1-2H3,(H,41,46)(H,38,39,42). The minimum absolute atomic E-state index is 0.0608. The maximum Gasteiger partial charge on any atom is 0.416 e. The third-order valence-corrected chi connectivity index (χ3v) is 7.57. The number of nitrogens with one attached hydrogen (secondary N) is 2. The normalized spacial score (nSPS) is 14.0. The van der Waals surface area contributed by atoms with Crippen LogP contribution >= 0.6 is 0 Å². The van der Waals surface area contributed by atoms with Crippen LogP contribution in [0.1, 0.15) is 44.6 Å². The van der Waals surface area contributed by atoms with E-state index in [1.807, 2.05) is 18.9 Å². The molecule has 0 saturated carbocycles. The smallest absolute Gasteiger partial charge is 0.322 e. The Labute approximate surface area is 264 Å². The number of nitrogens with zero attached hydrogens (tertiary/aromatic N) is 6. The van der Waals surface area contributed by atoms with E-state index in [4.69, 9.17) is 0 Å². The zero-order valence-corrected chi connectivity index (χ0v) is 25.5. The Morgan fingerprint density at radius 2 is 1.74 bits per heavy atom. The third kappa shape index (κ3) is 8.68.